The van der Waals surface area contributed by atoms with Gasteiger partial charge in [0.1, 0.15) is 4.60 Å². The first-order valence-corrected chi connectivity index (χ1v) is 8.42. The van der Waals surface area contributed by atoms with Gasteiger partial charge >= 0.3 is 0 Å². The summed E-state index contributed by atoms with van der Waals surface area (Å²) in [5, 5.41) is 0. The summed E-state index contributed by atoms with van der Waals surface area (Å²) < 4.78 is 1.65. The molecule has 0 N–H and O–H groups in total. The van der Waals surface area contributed by atoms with Crippen LogP contribution in [-0.4, -0.2) is 22.3 Å². The zero-order valence-corrected chi connectivity index (χ0v) is 14.5. The number of carbonyl (C=O) groups is 1. The summed E-state index contributed by atoms with van der Waals surface area (Å²) in [5.74, 6) is 0.0393. The first kappa shape index (κ1) is 14.7. The molecule has 2 heterocycles. The van der Waals surface area contributed by atoms with Crippen molar-refractivity contribution in [1.82, 2.24) is 9.88 Å². The Balaban J connectivity index is 1.91. The molecule has 5 heteroatoms. The van der Waals surface area contributed by atoms with Crippen molar-refractivity contribution in [2.75, 3.05) is 6.54 Å². The smallest absolute Gasteiger partial charge is 0.257 e. The largest absolute Gasteiger partial charge is 0.332 e. The second-order valence-corrected chi connectivity index (χ2v) is 6.72. The molecular weight excluding hydrogens is 396 g/mol. The third-order valence-electron chi connectivity index (χ3n) is 3.74. The Kier molecular flexibility index (Phi) is 4.40. The van der Waals surface area contributed by atoms with E-state index in [9.17, 15) is 4.79 Å². The molecule has 3 rings (SSSR count). The third kappa shape index (κ3) is 3.04. The van der Waals surface area contributed by atoms with Gasteiger partial charge in [0.15, 0.2) is 0 Å². The molecule has 1 aromatic heterocycles. The highest BCUT2D eigenvalue weighted by Crippen LogP contribution is 2.34. The molecule has 0 aliphatic carbocycles. The number of carbonyl (C=O) groups excluding carboxylic acids is 1. The minimum atomic E-state index is 0.0393. The van der Waals surface area contributed by atoms with Gasteiger partial charge in [-0.25, -0.2) is 4.98 Å². The molecule has 2 aromatic rings. The van der Waals surface area contributed by atoms with Gasteiger partial charge in [0.25, 0.3) is 5.91 Å². The molecule has 1 aromatic carbocycles. The molecule has 3 nitrogen and oxygen atoms in total. The summed E-state index contributed by atoms with van der Waals surface area (Å²) in [6.07, 6.45) is 3.71. The van der Waals surface area contributed by atoms with Crippen LogP contribution in [0.2, 0.25) is 0 Å². The number of hydrogen-bond donors (Lipinski definition) is 0. The highest BCUT2D eigenvalue weighted by atomic mass is 79.9. The van der Waals surface area contributed by atoms with Crippen LogP contribution in [0.5, 0.6) is 0 Å². The van der Waals surface area contributed by atoms with Crippen molar-refractivity contribution in [2.24, 2.45) is 0 Å². The molecule has 1 fully saturated rings. The summed E-state index contributed by atoms with van der Waals surface area (Å²) in [6.45, 7) is 0.789. The van der Waals surface area contributed by atoms with Crippen LogP contribution in [0.15, 0.2) is 51.7 Å². The van der Waals surface area contributed by atoms with Gasteiger partial charge in [0, 0.05) is 17.2 Å². The second kappa shape index (κ2) is 6.28. The molecule has 1 saturated heterocycles. The number of halogens is 2. The van der Waals surface area contributed by atoms with Crippen molar-refractivity contribution in [3.63, 3.8) is 0 Å². The predicted molar refractivity (Wildman–Crippen MR) is 89.1 cm³/mol. The summed E-state index contributed by atoms with van der Waals surface area (Å²) in [4.78, 5) is 18.9. The Bertz CT molecular complexity index is 675. The number of amides is 1. The Morgan fingerprint density at radius 1 is 1.24 bits per heavy atom. The van der Waals surface area contributed by atoms with Crippen molar-refractivity contribution < 1.29 is 4.79 Å². The lowest BCUT2D eigenvalue weighted by Gasteiger charge is -2.25. The quantitative estimate of drug-likeness (QED) is 0.680. The Labute approximate surface area is 140 Å². The maximum absolute atomic E-state index is 12.8. The first-order chi connectivity index (χ1) is 10.2. The van der Waals surface area contributed by atoms with E-state index in [1.165, 1.54) is 5.56 Å². The molecular formula is C16H14Br2N2O. The molecule has 1 aliphatic rings. The average Bonchev–Trinajstić information content (AvgIpc) is 2.96. The van der Waals surface area contributed by atoms with E-state index < -0.39 is 0 Å². The molecule has 1 atom stereocenters. The van der Waals surface area contributed by atoms with Crippen LogP contribution < -0.4 is 0 Å². The van der Waals surface area contributed by atoms with E-state index in [1.807, 2.05) is 23.1 Å². The van der Waals surface area contributed by atoms with Crippen molar-refractivity contribution in [3.8, 4) is 0 Å². The Morgan fingerprint density at radius 2 is 2.10 bits per heavy atom. The summed E-state index contributed by atoms with van der Waals surface area (Å²) in [6, 6.07) is 11.9. The number of benzene rings is 1. The maximum Gasteiger partial charge on any atom is 0.257 e. The lowest BCUT2D eigenvalue weighted by Crippen LogP contribution is -2.30. The fourth-order valence-corrected chi connectivity index (χ4v) is 3.61. The maximum atomic E-state index is 12.8. The average molecular weight is 410 g/mol. The zero-order valence-electron chi connectivity index (χ0n) is 11.3. The molecule has 0 radical (unpaired) electrons. The minimum absolute atomic E-state index is 0.0393. The van der Waals surface area contributed by atoms with Gasteiger partial charge in [0.05, 0.1) is 11.6 Å². The van der Waals surface area contributed by atoms with Crippen LogP contribution in [0.3, 0.4) is 0 Å². The molecule has 21 heavy (non-hydrogen) atoms. The number of aromatic nitrogens is 1. The second-order valence-electron chi connectivity index (χ2n) is 5.05. The van der Waals surface area contributed by atoms with Crippen molar-refractivity contribution in [3.05, 3.63) is 62.8 Å². The lowest BCUT2D eigenvalue weighted by atomic mass is 10.0. The Hall–Kier alpha value is -1.20. The van der Waals surface area contributed by atoms with Crippen LogP contribution in [0.4, 0.5) is 0 Å². The molecule has 1 amide bonds. The number of rotatable bonds is 2. The topological polar surface area (TPSA) is 33.2 Å². The monoisotopic (exact) mass is 408 g/mol. The van der Waals surface area contributed by atoms with E-state index >= 15 is 0 Å². The molecule has 1 aliphatic heterocycles. The highest BCUT2D eigenvalue weighted by Gasteiger charge is 2.31. The fraction of sp³-hybridized carbons (Fsp3) is 0.250. The van der Waals surface area contributed by atoms with Crippen LogP contribution >= 0.6 is 31.9 Å². The highest BCUT2D eigenvalue weighted by molar-refractivity contribution is 9.10. The van der Waals surface area contributed by atoms with E-state index in [2.05, 4.69) is 49.0 Å². The normalized spacial score (nSPS) is 18.0. The van der Waals surface area contributed by atoms with Gasteiger partial charge in [-0.05, 0) is 58.6 Å². The number of hydrogen-bond acceptors (Lipinski definition) is 2. The Morgan fingerprint density at radius 3 is 2.86 bits per heavy atom. The molecule has 0 saturated carbocycles. The fourth-order valence-electron chi connectivity index (χ4n) is 2.77. The zero-order chi connectivity index (χ0) is 14.8. The van der Waals surface area contributed by atoms with Gasteiger partial charge < -0.3 is 4.90 Å². The van der Waals surface area contributed by atoms with E-state index in [0.29, 0.717) is 10.2 Å². The van der Waals surface area contributed by atoms with Gasteiger partial charge in [-0.2, -0.15) is 0 Å². The molecule has 1 unspecified atom stereocenters. The van der Waals surface area contributed by atoms with Crippen molar-refractivity contribution in [1.29, 1.82) is 0 Å². The summed E-state index contributed by atoms with van der Waals surface area (Å²) in [5.41, 5.74) is 1.80. The molecule has 108 valence electrons. The van der Waals surface area contributed by atoms with Crippen LogP contribution in [0, 0.1) is 0 Å². The SMILES string of the molecule is O=C(c1cccnc1Br)N1CCCC1c1cccc(Br)c1. The van der Waals surface area contributed by atoms with Crippen LogP contribution in [-0.2, 0) is 0 Å². The van der Waals surface area contributed by atoms with E-state index in [1.54, 1.807) is 12.3 Å². The molecule has 0 bridgehead atoms. The number of likely N-dealkylation sites (tertiary alicyclic amines) is 1. The van der Waals surface area contributed by atoms with Gasteiger partial charge in [0.2, 0.25) is 0 Å². The summed E-state index contributed by atoms with van der Waals surface area (Å²) in [7, 11) is 0. The van der Waals surface area contributed by atoms with Gasteiger partial charge in [-0.3, -0.25) is 4.79 Å². The van der Waals surface area contributed by atoms with Gasteiger partial charge in [-0.1, -0.05) is 28.1 Å². The van der Waals surface area contributed by atoms with Crippen LogP contribution in [0.1, 0.15) is 34.8 Å². The molecule has 0 spiro atoms. The van der Waals surface area contributed by atoms with E-state index in [-0.39, 0.29) is 11.9 Å². The minimum Gasteiger partial charge on any atom is -0.332 e. The standard InChI is InChI=1S/C16H14Br2N2O/c17-12-5-1-4-11(10-12)14-7-3-9-20(14)16(21)13-6-2-8-19-15(13)18/h1-2,4-6,8,10,14H,3,7,9H2. The van der Waals surface area contributed by atoms with E-state index in [0.717, 1.165) is 23.9 Å². The van der Waals surface area contributed by atoms with Crippen molar-refractivity contribution in [2.45, 2.75) is 18.9 Å². The number of pyridine rings is 1. The number of nitrogens with zero attached hydrogens (tertiary/aromatic N) is 2. The third-order valence-corrected chi connectivity index (χ3v) is 4.86. The predicted octanol–water partition coefficient (Wildman–Crippen LogP) is 4.58. The first-order valence-electron chi connectivity index (χ1n) is 6.84. The van der Waals surface area contributed by atoms with Crippen LogP contribution in [0.25, 0.3) is 0 Å². The van der Waals surface area contributed by atoms with Gasteiger partial charge in [-0.15, -0.1) is 0 Å². The van der Waals surface area contributed by atoms with E-state index in [4.69, 9.17) is 0 Å². The lowest BCUT2D eigenvalue weighted by molar-refractivity contribution is 0.0734. The van der Waals surface area contributed by atoms with Crippen molar-refractivity contribution >= 4 is 37.8 Å². The summed E-state index contributed by atoms with van der Waals surface area (Å²) >= 11 is 6.87.